The van der Waals surface area contributed by atoms with Crippen LogP contribution in [0, 0.1) is 5.92 Å². The van der Waals surface area contributed by atoms with Crippen molar-refractivity contribution in [2.45, 2.75) is 44.7 Å². The summed E-state index contributed by atoms with van der Waals surface area (Å²) in [6.07, 6.45) is 5.22. The molecule has 0 aromatic carbocycles. The van der Waals surface area contributed by atoms with E-state index in [2.05, 4.69) is 24.2 Å². The molecule has 0 bridgehead atoms. The van der Waals surface area contributed by atoms with Crippen LogP contribution < -0.4 is 5.32 Å². The first-order valence-electron chi connectivity index (χ1n) is 6.78. The second-order valence-corrected chi connectivity index (χ2v) is 5.41. The van der Waals surface area contributed by atoms with Gasteiger partial charge in [0.15, 0.2) is 0 Å². The van der Waals surface area contributed by atoms with Crippen molar-refractivity contribution in [1.82, 2.24) is 10.2 Å². The fourth-order valence-corrected chi connectivity index (χ4v) is 2.97. The lowest BCUT2D eigenvalue weighted by Gasteiger charge is -2.38. The van der Waals surface area contributed by atoms with Crippen molar-refractivity contribution in [2.24, 2.45) is 5.92 Å². The van der Waals surface area contributed by atoms with Gasteiger partial charge in [-0.1, -0.05) is 0 Å². The van der Waals surface area contributed by atoms with Crippen LogP contribution in [-0.4, -0.2) is 50.3 Å². The van der Waals surface area contributed by atoms with Crippen LogP contribution in [0.4, 0.5) is 0 Å². The maximum Gasteiger partial charge on any atom is 0.0495 e. The Balaban J connectivity index is 1.69. The molecule has 3 heteroatoms. The summed E-state index contributed by atoms with van der Waals surface area (Å²) in [7, 11) is 2.09. The number of ether oxygens (including phenoxy) is 1. The SMILES string of the molecule is CNC1CCN(CCC2CCOC2)C(C)C1. The van der Waals surface area contributed by atoms with E-state index >= 15 is 0 Å². The van der Waals surface area contributed by atoms with Gasteiger partial charge in [-0.2, -0.15) is 0 Å². The molecule has 2 fully saturated rings. The Bertz CT molecular complexity index is 204. The van der Waals surface area contributed by atoms with Gasteiger partial charge in [0, 0.05) is 25.3 Å². The van der Waals surface area contributed by atoms with Crippen molar-refractivity contribution in [3.05, 3.63) is 0 Å². The molecular formula is C13H26N2O. The molecule has 2 aliphatic heterocycles. The van der Waals surface area contributed by atoms with Crippen LogP contribution in [0.5, 0.6) is 0 Å². The highest BCUT2D eigenvalue weighted by molar-refractivity contribution is 4.82. The first-order chi connectivity index (χ1) is 7.79. The maximum atomic E-state index is 5.43. The standard InChI is InChI=1S/C13H26N2O/c1-11-9-13(14-2)4-7-15(11)6-3-12-5-8-16-10-12/h11-14H,3-10H2,1-2H3. The summed E-state index contributed by atoms with van der Waals surface area (Å²) in [5.74, 6) is 0.828. The van der Waals surface area contributed by atoms with E-state index in [9.17, 15) is 0 Å². The van der Waals surface area contributed by atoms with Gasteiger partial charge in [0.05, 0.1) is 0 Å². The highest BCUT2D eigenvalue weighted by Gasteiger charge is 2.25. The molecule has 2 aliphatic rings. The predicted molar refractivity (Wildman–Crippen MR) is 66.7 cm³/mol. The number of nitrogens with one attached hydrogen (secondary N) is 1. The van der Waals surface area contributed by atoms with Crippen molar-refractivity contribution in [2.75, 3.05) is 33.4 Å². The van der Waals surface area contributed by atoms with Crippen molar-refractivity contribution in [3.8, 4) is 0 Å². The van der Waals surface area contributed by atoms with E-state index in [1.165, 1.54) is 38.8 Å². The Kier molecular flexibility index (Phi) is 4.62. The van der Waals surface area contributed by atoms with E-state index in [-0.39, 0.29) is 0 Å². The topological polar surface area (TPSA) is 24.5 Å². The predicted octanol–water partition coefficient (Wildman–Crippen LogP) is 1.49. The quantitative estimate of drug-likeness (QED) is 0.786. The molecule has 3 nitrogen and oxygen atoms in total. The molecule has 0 saturated carbocycles. The molecule has 2 heterocycles. The maximum absolute atomic E-state index is 5.43. The number of likely N-dealkylation sites (tertiary alicyclic amines) is 1. The molecule has 2 saturated heterocycles. The van der Waals surface area contributed by atoms with Gasteiger partial charge in [-0.25, -0.2) is 0 Å². The Morgan fingerprint density at radius 1 is 1.38 bits per heavy atom. The van der Waals surface area contributed by atoms with Gasteiger partial charge in [0.1, 0.15) is 0 Å². The Hall–Kier alpha value is -0.120. The van der Waals surface area contributed by atoms with Crippen LogP contribution in [-0.2, 0) is 4.74 Å². The first-order valence-corrected chi connectivity index (χ1v) is 6.78. The van der Waals surface area contributed by atoms with Gasteiger partial charge in [0.25, 0.3) is 0 Å². The zero-order valence-electron chi connectivity index (χ0n) is 10.7. The second kappa shape index (κ2) is 5.99. The molecule has 16 heavy (non-hydrogen) atoms. The average Bonchev–Trinajstić information content (AvgIpc) is 2.80. The summed E-state index contributed by atoms with van der Waals surface area (Å²) in [5, 5.41) is 3.41. The highest BCUT2D eigenvalue weighted by atomic mass is 16.5. The van der Waals surface area contributed by atoms with E-state index in [0.29, 0.717) is 0 Å². The fraction of sp³-hybridized carbons (Fsp3) is 1.00. The third kappa shape index (κ3) is 3.19. The second-order valence-electron chi connectivity index (χ2n) is 5.41. The average molecular weight is 226 g/mol. The largest absolute Gasteiger partial charge is 0.381 e. The number of nitrogens with zero attached hydrogens (tertiary/aromatic N) is 1. The summed E-state index contributed by atoms with van der Waals surface area (Å²) in [6.45, 7) is 6.89. The van der Waals surface area contributed by atoms with Crippen LogP contribution in [0.1, 0.15) is 32.6 Å². The lowest BCUT2D eigenvalue weighted by atomic mass is 9.97. The van der Waals surface area contributed by atoms with Crippen molar-refractivity contribution in [1.29, 1.82) is 0 Å². The molecule has 3 atom stereocenters. The molecule has 2 rings (SSSR count). The minimum Gasteiger partial charge on any atom is -0.381 e. The van der Waals surface area contributed by atoms with Gasteiger partial charge >= 0.3 is 0 Å². The number of hydrogen-bond acceptors (Lipinski definition) is 3. The van der Waals surface area contributed by atoms with E-state index in [1.807, 2.05) is 0 Å². The summed E-state index contributed by atoms with van der Waals surface area (Å²) in [5.41, 5.74) is 0. The molecule has 3 unspecified atom stereocenters. The summed E-state index contributed by atoms with van der Waals surface area (Å²) in [6, 6.07) is 1.48. The first kappa shape index (κ1) is 12.3. The van der Waals surface area contributed by atoms with Gasteiger partial charge in [-0.15, -0.1) is 0 Å². The van der Waals surface area contributed by atoms with Crippen LogP contribution in [0.25, 0.3) is 0 Å². The highest BCUT2D eigenvalue weighted by Crippen LogP contribution is 2.21. The van der Waals surface area contributed by atoms with Gasteiger partial charge < -0.3 is 15.0 Å². The fourth-order valence-electron chi connectivity index (χ4n) is 2.97. The molecule has 0 aliphatic carbocycles. The zero-order chi connectivity index (χ0) is 11.4. The number of piperidine rings is 1. The Morgan fingerprint density at radius 2 is 2.25 bits per heavy atom. The summed E-state index contributed by atoms with van der Waals surface area (Å²) >= 11 is 0. The molecular weight excluding hydrogens is 200 g/mol. The minimum atomic E-state index is 0.737. The molecule has 0 aromatic rings. The minimum absolute atomic E-state index is 0.737. The van der Waals surface area contributed by atoms with E-state index < -0.39 is 0 Å². The van der Waals surface area contributed by atoms with E-state index in [1.54, 1.807) is 0 Å². The van der Waals surface area contributed by atoms with Crippen LogP contribution in [0.15, 0.2) is 0 Å². The van der Waals surface area contributed by atoms with Crippen molar-refractivity contribution in [3.63, 3.8) is 0 Å². The van der Waals surface area contributed by atoms with Gasteiger partial charge in [0.2, 0.25) is 0 Å². The van der Waals surface area contributed by atoms with Crippen molar-refractivity contribution < 1.29 is 4.74 Å². The molecule has 0 spiro atoms. The molecule has 1 N–H and O–H groups in total. The molecule has 0 aromatic heterocycles. The lowest BCUT2D eigenvalue weighted by Crippen LogP contribution is -2.47. The summed E-state index contributed by atoms with van der Waals surface area (Å²) < 4.78 is 5.43. The van der Waals surface area contributed by atoms with E-state index in [4.69, 9.17) is 4.74 Å². The van der Waals surface area contributed by atoms with Crippen LogP contribution in [0.3, 0.4) is 0 Å². The normalized spacial score (nSPS) is 36.8. The number of hydrogen-bond donors (Lipinski definition) is 1. The monoisotopic (exact) mass is 226 g/mol. The van der Waals surface area contributed by atoms with Gasteiger partial charge in [-0.05, 0) is 58.7 Å². The van der Waals surface area contributed by atoms with Crippen LogP contribution >= 0.6 is 0 Å². The zero-order valence-corrected chi connectivity index (χ0v) is 10.7. The molecule has 94 valence electrons. The smallest absolute Gasteiger partial charge is 0.0495 e. The molecule has 0 amide bonds. The van der Waals surface area contributed by atoms with E-state index in [0.717, 1.165) is 31.2 Å². The number of rotatable bonds is 4. The van der Waals surface area contributed by atoms with Crippen molar-refractivity contribution >= 4 is 0 Å². The molecule has 0 radical (unpaired) electrons. The lowest BCUT2D eigenvalue weighted by molar-refractivity contribution is 0.126. The summed E-state index contributed by atoms with van der Waals surface area (Å²) in [4.78, 5) is 2.66. The van der Waals surface area contributed by atoms with Crippen LogP contribution in [0.2, 0.25) is 0 Å². The third-order valence-electron chi connectivity index (χ3n) is 4.27. The van der Waals surface area contributed by atoms with Gasteiger partial charge in [-0.3, -0.25) is 0 Å². The Labute approximate surface area is 99.5 Å². The third-order valence-corrected chi connectivity index (χ3v) is 4.27. The Morgan fingerprint density at radius 3 is 2.88 bits per heavy atom.